The summed E-state index contributed by atoms with van der Waals surface area (Å²) in [6.45, 7) is 0.457. The number of furan rings is 1. The van der Waals surface area contributed by atoms with Crippen molar-refractivity contribution in [2.75, 3.05) is 7.11 Å². The van der Waals surface area contributed by atoms with E-state index in [1.165, 1.54) is 23.1 Å². The van der Waals surface area contributed by atoms with E-state index in [0.717, 1.165) is 16.3 Å². The number of para-hydroxylation sites is 2. The Kier molecular flexibility index (Phi) is 6.92. The molecule has 2 aromatic carbocycles. The molecule has 176 valence electrons. The summed E-state index contributed by atoms with van der Waals surface area (Å²) in [7, 11) is 1.63. The van der Waals surface area contributed by atoms with Gasteiger partial charge < -0.3 is 14.5 Å². The van der Waals surface area contributed by atoms with E-state index in [0.29, 0.717) is 40.5 Å². The normalized spacial score (nSPS) is 10.9. The molecule has 8 nitrogen and oxygen atoms in total. The summed E-state index contributed by atoms with van der Waals surface area (Å²) >= 11 is 2.92. The van der Waals surface area contributed by atoms with Crippen molar-refractivity contribution in [2.24, 2.45) is 0 Å². The number of hydrogen-bond donors (Lipinski definition) is 1. The number of thiazole rings is 1. The summed E-state index contributed by atoms with van der Waals surface area (Å²) in [5.41, 5.74) is 2.24. The predicted octanol–water partition coefficient (Wildman–Crippen LogP) is 5.21. The van der Waals surface area contributed by atoms with E-state index in [-0.39, 0.29) is 5.91 Å². The van der Waals surface area contributed by atoms with Gasteiger partial charge in [-0.2, -0.15) is 0 Å². The highest BCUT2D eigenvalue weighted by molar-refractivity contribution is 7.98. The van der Waals surface area contributed by atoms with Gasteiger partial charge in [0, 0.05) is 11.9 Å². The lowest BCUT2D eigenvalue weighted by Gasteiger charge is -2.12. The molecule has 1 N–H and O–H groups in total. The molecule has 0 atom stereocenters. The molecule has 0 bridgehead atoms. The topological polar surface area (TPSA) is 95.1 Å². The maximum absolute atomic E-state index is 12.5. The van der Waals surface area contributed by atoms with Gasteiger partial charge in [0.25, 0.3) is 5.91 Å². The molecule has 35 heavy (non-hydrogen) atoms. The summed E-state index contributed by atoms with van der Waals surface area (Å²) in [5.74, 6) is 2.19. The fourth-order valence-electron chi connectivity index (χ4n) is 3.44. The Morgan fingerprint density at radius 3 is 2.71 bits per heavy atom. The van der Waals surface area contributed by atoms with E-state index in [4.69, 9.17) is 9.15 Å². The average molecular weight is 504 g/mol. The van der Waals surface area contributed by atoms with E-state index < -0.39 is 0 Å². The number of hydrogen-bond acceptors (Lipinski definition) is 8. The quantitative estimate of drug-likeness (QED) is 0.276. The molecule has 0 unspecified atom stereocenters. The maximum Gasteiger partial charge on any atom is 0.271 e. The van der Waals surface area contributed by atoms with Crippen LogP contribution in [0.25, 0.3) is 17.3 Å². The zero-order valence-corrected chi connectivity index (χ0v) is 20.4. The van der Waals surface area contributed by atoms with Crippen molar-refractivity contribution >= 4 is 29.0 Å². The molecule has 0 saturated carbocycles. The first kappa shape index (κ1) is 22.9. The Labute approximate surface area is 210 Å². The highest BCUT2D eigenvalue weighted by atomic mass is 32.2. The van der Waals surface area contributed by atoms with Gasteiger partial charge in [0.2, 0.25) is 5.82 Å². The average Bonchev–Trinajstić information content (AvgIpc) is 3.67. The fourth-order valence-corrected chi connectivity index (χ4v) is 5.17. The number of nitrogens with zero attached hydrogens (tertiary/aromatic N) is 4. The van der Waals surface area contributed by atoms with Gasteiger partial charge in [0.05, 0.1) is 24.8 Å². The number of ether oxygens (including phenoxy) is 1. The molecule has 0 aliphatic carbocycles. The van der Waals surface area contributed by atoms with Crippen LogP contribution in [0.15, 0.2) is 87.9 Å². The largest absolute Gasteiger partial charge is 0.495 e. The molecule has 0 aliphatic rings. The maximum atomic E-state index is 12.5. The van der Waals surface area contributed by atoms with Gasteiger partial charge in [0.1, 0.15) is 16.5 Å². The first-order valence-electron chi connectivity index (χ1n) is 10.7. The lowest BCUT2D eigenvalue weighted by molar-refractivity contribution is 0.0946. The van der Waals surface area contributed by atoms with Gasteiger partial charge in [0.15, 0.2) is 10.9 Å². The Bertz CT molecular complexity index is 1410. The van der Waals surface area contributed by atoms with E-state index in [2.05, 4.69) is 20.5 Å². The Hall–Kier alpha value is -3.89. The molecule has 0 radical (unpaired) electrons. The standard InChI is InChI=1S/C25H21N5O3S2/c1-32-20-11-6-5-10-19(20)30-23(21-12-7-13-33-21)28-29-25(30)35-16-22-27-18(15-34-22)24(31)26-14-17-8-3-2-4-9-17/h2-13,15H,14,16H2,1H3,(H,26,31). The van der Waals surface area contributed by atoms with Crippen molar-refractivity contribution in [1.29, 1.82) is 0 Å². The molecule has 0 aliphatic heterocycles. The zero-order valence-electron chi connectivity index (χ0n) is 18.7. The molecule has 5 aromatic rings. The van der Waals surface area contributed by atoms with E-state index >= 15 is 0 Å². The summed E-state index contributed by atoms with van der Waals surface area (Å²) < 4.78 is 13.1. The number of nitrogens with one attached hydrogen (secondary N) is 1. The second-order valence-electron chi connectivity index (χ2n) is 7.37. The van der Waals surface area contributed by atoms with Crippen molar-refractivity contribution in [1.82, 2.24) is 25.1 Å². The molecule has 5 rings (SSSR count). The van der Waals surface area contributed by atoms with Crippen LogP contribution in [0.5, 0.6) is 5.75 Å². The lowest BCUT2D eigenvalue weighted by atomic mass is 10.2. The summed E-state index contributed by atoms with van der Waals surface area (Å²) in [6.07, 6.45) is 1.60. The molecule has 0 saturated heterocycles. The van der Waals surface area contributed by atoms with Crippen molar-refractivity contribution in [3.63, 3.8) is 0 Å². The van der Waals surface area contributed by atoms with Crippen LogP contribution >= 0.6 is 23.1 Å². The van der Waals surface area contributed by atoms with Crippen molar-refractivity contribution in [2.45, 2.75) is 17.5 Å². The van der Waals surface area contributed by atoms with Crippen LogP contribution in [-0.4, -0.2) is 32.8 Å². The van der Waals surface area contributed by atoms with Gasteiger partial charge in [-0.1, -0.05) is 54.2 Å². The molecule has 3 heterocycles. The Balaban J connectivity index is 1.33. The van der Waals surface area contributed by atoms with Crippen molar-refractivity contribution in [3.05, 3.63) is 94.6 Å². The molecule has 0 fully saturated rings. The number of carbonyl (C=O) groups excluding carboxylic acids is 1. The molecule has 10 heteroatoms. The van der Waals surface area contributed by atoms with Crippen LogP contribution in [0.2, 0.25) is 0 Å². The summed E-state index contributed by atoms with van der Waals surface area (Å²) in [5, 5.41) is 14.9. The van der Waals surface area contributed by atoms with Crippen molar-refractivity contribution < 1.29 is 13.9 Å². The second kappa shape index (κ2) is 10.6. The van der Waals surface area contributed by atoms with Crippen LogP contribution in [0, 0.1) is 0 Å². The van der Waals surface area contributed by atoms with Crippen molar-refractivity contribution in [3.8, 4) is 23.0 Å². The Morgan fingerprint density at radius 2 is 1.91 bits per heavy atom. The number of thioether (sulfide) groups is 1. The van der Waals surface area contributed by atoms with Crippen LogP contribution in [0.1, 0.15) is 21.1 Å². The molecular weight excluding hydrogens is 482 g/mol. The second-order valence-corrected chi connectivity index (χ2v) is 9.26. The SMILES string of the molecule is COc1ccccc1-n1c(SCc2nc(C(=O)NCc3ccccc3)cs2)nnc1-c1ccco1. The smallest absolute Gasteiger partial charge is 0.271 e. The number of aromatic nitrogens is 4. The monoisotopic (exact) mass is 503 g/mol. The summed E-state index contributed by atoms with van der Waals surface area (Å²) in [4.78, 5) is 17.0. The van der Waals surface area contributed by atoms with Gasteiger partial charge >= 0.3 is 0 Å². The van der Waals surface area contributed by atoms with Gasteiger partial charge in [-0.15, -0.1) is 21.5 Å². The number of amides is 1. The fraction of sp³-hybridized carbons (Fsp3) is 0.120. The van der Waals surface area contributed by atoms with E-state index in [1.807, 2.05) is 71.3 Å². The van der Waals surface area contributed by atoms with Gasteiger partial charge in [-0.25, -0.2) is 4.98 Å². The van der Waals surface area contributed by atoms with Crippen LogP contribution in [0.4, 0.5) is 0 Å². The first-order valence-corrected chi connectivity index (χ1v) is 12.6. The van der Waals surface area contributed by atoms with Crippen LogP contribution in [0.3, 0.4) is 0 Å². The van der Waals surface area contributed by atoms with Crippen LogP contribution < -0.4 is 10.1 Å². The molecule has 3 aromatic heterocycles. The minimum absolute atomic E-state index is 0.196. The van der Waals surface area contributed by atoms with Gasteiger partial charge in [-0.05, 0) is 29.8 Å². The lowest BCUT2D eigenvalue weighted by Crippen LogP contribution is -2.23. The van der Waals surface area contributed by atoms with E-state index in [9.17, 15) is 4.79 Å². The predicted molar refractivity (Wildman–Crippen MR) is 135 cm³/mol. The number of rotatable bonds is 9. The summed E-state index contributed by atoms with van der Waals surface area (Å²) in [6, 6.07) is 21.1. The number of benzene rings is 2. The van der Waals surface area contributed by atoms with Gasteiger partial charge in [-0.3, -0.25) is 9.36 Å². The third-order valence-corrected chi connectivity index (χ3v) is 7.08. The van der Waals surface area contributed by atoms with Crippen LogP contribution in [-0.2, 0) is 12.3 Å². The zero-order chi connectivity index (χ0) is 24.0. The highest BCUT2D eigenvalue weighted by Gasteiger charge is 2.21. The Morgan fingerprint density at radius 1 is 1.09 bits per heavy atom. The highest BCUT2D eigenvalue weighted by Crippen LogP contribution is 2.34. The minimum atomic E-state index is -0.196. The number of methoxy groups -OCH3 is 1. The third-order valence-electron chi connectivity index (χ3n) is 5.11. The third kappa shape index (κ3) is 5.13. The first-order chi connectivity index (χ1) is 17.2. The molecular formula is C25H21N5O3S2. The molecule has 1 amide bonds. The number of carbonyl (C=O) groups is 1. The van der Waals surface area contributed by atoms with E-state index in [1.54, 1.807) is 18.8 Å². The molecule has 0 spiro atoms. The minimum Gasteiger partial charge on any atom is -0.495 e.